The summed E-state index contributed by atoms with van der Waals surface area (Å²) in [5.74, 6) is 1.38. The highest BCUT2D eigenvalue weighted by Crippen LogP contribution is 2.37. The number of rotatable bonds is 6. The molecule has 24 heavy (non-hydrogen) atoms. The summed E-state index contributed by atoms with van der Waals surface area (Å²) in [6, 6.07) is 3.92. The standard InChI is InChI=1S/C20H31NO3/c1-6-10-24-20(9-7-8-14(2)13-20)19(22)21-17-11-15(3)18(23-5)16(4)12-17/h11-12,14H,6-10,13H2,1-5H3,(H,21,22)/t14-,20-/m1/s1. The van der Waals surface area contributed by atoms with Crippen molar-refractivity contribution in [3.05, 3.63) is 23.3 Å². The van der Waals surface area contributed by atoms with Gasteiger partial charge in [0.15, 0.2) is 0 Å². The van der Waals surface area contributed by atoms with Crippen LogP contribution in [0.4, 0.5) is 5.69 Å². The first-order chi connectivity index (χ1) is 11.4. The third-order valence-electron chi connectivity index (χ3n) is 4.87. The molecule has 1 saturated carbocycles. The van der Waals surface area contributed by atoms with Crippen molar-refractivity contribution in [1.29, 1.82) is 0 Å². The van der Waals surface area contributed by atoms with Crippen LogP contribution in [0, 0.1) is 19.8 Å². The molecule has 0 bridgehead atoms. The Balaban J connectivity index is 2.21. The summed E-state index contributed by atoms with van der Waals surface area (Å²) < 4.78 is 11.5. The van der Waals surface area contributed by atoms with E-state index in [9.17, 15) is 4.79 Å². The van der Waals surface area contributed by atoms with Crippen molar-refractivity contribution in [2.45, 2.75) is 65.4 Å². The maximum Gasteiger partial charge on any atom is 0.256 e. The number of nitrogens with one attached hydrogen (secondary N) is 1. The molecule has 1 aliphatic carbocycles. The predicted octanol–water partition coefficient (Wildman–Crippen LogP) is 4.63. The number of amides is 1. The number of ether oxygens (including phenoxy) is 2. The molecule has 1 aromatic carbocycles. The van der Waals surface area contributed by atoms with E-state index in [-0.39, 0.29) is 5.91 Å². The van der Waals surface area contributed by atoms with Gasteiger partial charge in [0.2, 0.25) is 0 Å². The fraction of sp³-hybridized carbons (Fsp3) is 0.650. The Bertz CT molecular complexity index is 561. The van der Waals surface area contributed by atoms with Gasteiger partial charge in [-0.25, -0.2) is 0 Å². The number of benzene rings is 1. The lowest BCUT2D eigenvalue weighted by molar-refractivity contribution is -0.148. The van der Waals surface area contributed by atoms with Crippen molar-refractivity contribution in [2.75, 3.05) is 19.0 Å². The minimum Gasteiger partial charge on any atom is -0.496 e. The van der Waals surface area contributed by atoms with E-state index < -0.39 is 5.60 Å². The number of anilines is 1. The highest BCUT2D eigenvalue weighted by atomic mass is 16.5. The molecule has 4 heteroatoms. The maximum absolute atomic E-state index is 13.1. The van der Waals surface area contributed by atoms with E-state index in [1.165, 1.54) is 6.42 Å². The first kappa shape index (κ1) is 18.8. The van der Waals surface area contributed by atoms with Crippen LogP contribution in [0.3, 0.4) is 0 Å². The zero-order chi connectivity index (χ0) is 17.7. The fourth-order valence-electron chi connectivity index (χ4n) is 3.79. The molecule has 0 spiro atoms. The zero-order valence-electron chi connectivity index (χ0n) is 15.7. The Kier molecular flexibility index (Phi) is 6.27. The first-order valence-electron chi connectivity index (χ1n) is 9.02. The van der Waals surface area contributed by atoms with Gasteiger partial charge in [0.25, 0.3) is 5.91 Å². The molecule has 0 heterocycles. The average molecular weight is 333 g/mol. The van der Waals surface area contributed by atoms with E-state index in [1.54, 1.807) is 7.11 Å². The van der Waals surface area contributed by atoms with Crippen molar-refractivity contribution >= 4 is 11.6 Å². The summed E-state index contributed by atoms with van der Waals surface area (Å²) in [6.07, 6.45) is 4.73. The van der Waals surface area contributed by atoms with Gasteiger partial charge in [0.1, 0.15) is 11.4 Å². The Labute approximate surface area is 145 Å². The van der Waals surface area contributed by atoms with E-state index in [0.717, 1.165) is 48.2 Å². The van der Waals surface area contributed by atoms with Crippen LogP contribution < -0.4 is 10.1 Å². The lowest BCUT2D eigenvalue weighted by atomic mass is 9.78. The van der Waals surface area contributed by atoms with Gasteiger partial charge in [-0.15, -0.1) is 0 Å². The molecule has 134 valence electrons. The second kappa shape index (κ2) is 8.02. The molecular weight excluding hydrogens is 302 g/mol. The van der Waals surface area contributed by atoms with E-state index >= 15 is 0 Å². The van der Waals surface area contributed by atoms with Gasteiger partial charge in [0, 0.05) is 12.3 Å². The van der Waals surface area contributed by atoms with Crippen LogP contribution in [0.5, 0.6) is 5.75 Å². The largest absolute Gasteiger partial charge is 0.496 e. The summed E-state index contributed by atoms with van der Waals surface area (Å²) in [5, 5.41) is 3.10. The Morgan fingerprint density at radius 1 is 1.33 bits per heavy atom. The summed E-state index contributed by atoms with van der Waals surface area (Å²) >= 11 is 0. The highest BCUT2D eigenvalue weighted by Gasteiger charge is 2.42. The molecule has 2 atom stereocenters. The van der Waals surface area contributed by atoms with Gasteiger partial charge in [0.05, 0.1) is 7.11 Å². The first-order valence-corrected chi connectivity index (χ1v) is 9.02. The molecule has 4 nitrogen and oxygen atoms in total. The number of hydrogen-bond acceptors (Lipinski definition) is 3. The number of methoxy groups -OCH3 is 1. The number of carbonyl (C=O) groups is 1. The summed E-state index contributed by atoms with van der Waals surface area (Å²) in [7, 11) is 1.67. The molecule has 1 aromatic rings. The molecule has 1 amide bonds. The quantitative estimate of drug-likeness (QED) is 0.826. The molecule has 0 saturated heterocycles. The van der Waals surface area contributed by atoms with Gasteiger partial charge in [-0.1, -0.05) is 20.3 Å². The summed E-state index contributed by atoms with van der Waals surface area (Å²) in [5.41, 5.74) is 2.17. The molecule has 0 radical (unpaired) electrons. The van der Waals surface area contributed by atoms with Gasteiger partial charge in [-0.2, -0.15) is 0 Å². The summed E-state index contributed by atoms with van der Waals surface area (Å²) in [6.45, 7) is 8.90. The minimum atomic E-state index is -0.685. The summed E-state index contributed by atoms with van der Waals surface area (Å²) in [4.78, 5) is 13.1. The van der Waals surface area contributed by atoms with E-state index in [4.69, 9.17) is 9.47 Å². The van der Waals surface area contributed by atoms with Crippen molar-refractivity contribution in [2.24, 2.45) is 5.92 Å². The molecule has 0 aromatic heterocycles. The van der Waals surface area contributed by atoms with Gasteiger partial charge in [-0.05, 0) is 68.7 Å². The van der Waals surface area contributed by atoms with Gasteiger partial charge < -0.3 is 14.8 Å². The van der Waals surface area contributed by atoms with Crippen molar-refractivity contribution in [1.82, 2.24) is 0 Å². The minimum absolute atomic E-state index is 0.00790. The molecule has 0 aliphatic heterocycles. The van der Waals surface area contributed by atoms with Crippen LogP contribution in [0.25, 0.3) is 0 Å². The Morgan fingerprint density at radius 2 is 2.00 bits per heavy atom. The van der Waals surface area contributed by atoms with E-state index in [2.05, 4.69) is 19.2 Å². The molecule has 1 aliphatic rings. The van der Waals surface area contributed by atoms with E-state index in [1.807, 2.05) is 26.0 Å². The van der Waals surface area contributed by atoms with Crippen LogP contribution in [-0.4, -0.2) is 25.2 Å². The molecule has 1 fully saturated rings. The molecular formula is C20H31NO3. The zero-order valence-corrected chi connectivity index (χ0v) is 15.7. The Morgan fingerprint density at radius 3 is 2.54 bits per heavy atom. The van der Waals surface area contributed by atoms with Crippen LogP contribution in [0.2, 0.25) is 0 Å². The van der Waals surface area contributed by atoms with Crippen LogP contribution in [0.15, 0.2) is 12.1 Å². The van der Waals surface area contributed by atoms with Crippen LogP contribution in [-0.2, 0) is 9.53 Å². The molecule has 2 rings (SSSR count). The lowest BCUT2D eigenvalue weighted by Crippen LogP contribution is -2.48. The smallest absolute Gasteiger partial charge is 0.256 e. The fourth-order valence-corrected chi connectivity index (χ4v) is 3.79. The van der Waals surface area contributed by atoms with E-state index in [0.29, 0.717) is 12.5 Å². The molecule has 0 unspecified atom stereocenters. The maximum atomic E-state index is 13.1. The van der Waals surface area contributed by atoms with Crippen LogP contribution in [0.1, 0.15) is 57.1 Å². The lowest BCUT2D eigenvalue weighted by Gasteiger charge is -2.38. The number of aryl methyl sites for hydroxylation is 2. The van der Waals surface area contributed by atoms with Crippen molar-refractivity contribution < 1.29 is 14.3 Å². The predicted molar refractivity (Wildman–Crippen MR) is 97.7 cm³/mol. The molecule has 1 N–H and O–H groups in total. The SMILES string of the molecule is CCCO[C@]1(C(=O)Nc2cc(C)c(OC)c(C)c2)CCC[C@@H](C)C1. The van der Waals surface area contributed by atoms with Crippen LogP contribution >= 0.6 is 0 Å². The second-order valence-electron chi connectivity index (χ2n) is 7.14. The Hall–Kier alpha value is -1.55. The topological polar surface area (TPSA) is 47.6 Å². The highest BCUT2D eigenvalue weighted by molar-refractivity contribution is 5.97. The van der Waals surface area contributed by atoms with Gasteiger partial charge in [-0.3, -0.25) is 4.79 Å². The van der Waals surface area contributed by atoms with Crippen molar-refractivity contribution in [3.8, 4) is 5.75 Å². The third kappa shape index (κ3) is 4.10. The number of hydrogen-bond donors (Lipinski definition) is 1. The van der Waals surface area contributed by atoms with Crippen molar-refractivity contribution in [3.63, 3.8) is 0 Å². The second-order valence-corrected chi connectivity index (χ2v) is 7.14. The normalized spacial score (nSPS) is 23.8. The third-order valence-corrected chi connectivity index (χ3v) is 4.87. The monoisotopic (exact) mass is 333 g/mol. The van der Waals surface area contributed by atoms with Gasteiger partial charge >= 0.3 is 0 Å². The number of carbonyl (C=O) groups excluding carboxylic acids is 1. The average Bonchev–Trinajstić information content (AvgIpc) is 2.52.